The number of nitrogens with zero attached hydrogens (tertiary/aromatic N) is 2. The van der Waals surface area contributed by atoms with Crippen LogP contribution in [0.3, 0.4) is 0 Å². The van der Waals surface area contributed by atoms with Gasteiger partial charge in [0, 0.05) is 25.2 Å². The van der Waals surface area contributed by atoms with Crippen LogP contribution in [-0.2, 0) is 4.74 Å². The Bertz CT molecular complexity index is 494. The summed E-state index contributed by atoms with van der Waals surface area (Å²) in [5.74, 6) is 0.775. The molecule has 0 amide bonds. The first-order valence-electron chi connectivity index (χ1n) is 10.0. The molecule has 24 heavy (non-hydrogen) atoms. The maximum absolute atomic E-state index is 5.65. The van der Waals surface area contributed by atoms with Crippen molar-refractivity contribution in [2.75, 3.05) is 39.4 Å². The van der Waals surface area contributed by atoms with Crippen LogP contribution < -0.4 is 0 Å². The highest BCUT2D eigenvalue weighted by atomic mass is 16.5. The molecule has 4 rings (SSSR count). The highest BCUT2D eigenvalue weighted by Crippen LogP contribution is 2.41. The number of hydrogen-bond donors (Lipinski definition) is 0. The highest BCUT2D eigenvalue weighted by molar-refractivity contribution is 5.21. The zero-order chi connectivity index (χ0) is 16.2. The molecule has 0 N–H and O–H groups in total. The van der Waals surface area contributed by atoms with E-state index in [0.717, 1.165) is 38.3 Å². The Hall–Kier alpha value is -0.900. The van der Waals surface area contributed by atoms with Gasteiger partial charge in [-0.1, -0.05) is 43.2 Å². The van der Waals surface area contributed by atoms with Gasteiger partial charge in [0.25, 0.3) is 0 Å². The molecular weight excluding hydrogens is 296 g/mol. The summed E-state index contributed by atoms with van der Waals surface area (Å²) in [5.41, 5.74) is 1.52. The van der Waals surface area contributed by atoms with Crippen molar-refractivity contribution in [1.29, 1.82) is 0 Å². The van der Waals surface area contributed by atoms with Crippen LogP contribution >= 0.6 is 0 Å². The number of likely N-dealkylation sites (tertiary alicyclic amines) is 1. The van der Waals surface area contributed by atoms with Gasteiger partial charge in [-0.3, -0.25) is 4.90 Å². The monoisotopic (exact) mass is 328 g/mol. The maximum atomic E-state index is 5.65. The number of morpholine rings is 1. The molecule has 2 aliphatic heterocycles. The zero-order valence-corrected chi connectivity index (χ0v) is 14.9. The van der Waals surface area contributed by atoms with E-state index in [1.165, 1.54) is 57.2 Å². The lowest BCUT2D eigenvalue weighted by molar-refractivity contribution is -0.0208. The van der Waals surface area contributed by atoms with Gasteiger partial charge in [-0.15, -0.1) is 0 Å². The van der Waals surface area contributed by atoms with E-state index in [9.17, 15) is 0 Å². The highest BCUT2D eigenvalue weighted by Gasteiger charge is 2.39. The fourth-order valence-electron chi connectivity index (χ4n) is 5.27. The van der Waals surface area contributed by atoms with Gasteiger partial charge in [-0.2, -0.15) is 0 Å². The Kier molecular flexibility index (Phi) is 5.51. The van der Waals surface area contributed by atoms with Gasteiger partial charge in [0.15, 0.2) is 0 Å². The van der Waals surface area contributed by atoms with Gasteiger partial charge < -0.3 is 9.64 Å². The third kappa shape index (κ3) is 3.54. The molecule has 3 nitrogen and oxygen atoms in total. The largest absolute Gasteiger partial charge is 0.379 e. The van der Waals surface area contributed by atoms with E-state index in [1.807, 2.05) is 0 Å². The Morgan fingerprint density at radius 2 is 1.54 bits per heavy atom. The summed E-state index contributed by atoms with van der Waals surface area (Å²) in [6.07, 6.45) is 8.41. The SMILES string of the molecule is c1ccc(C(C2CCCCC2N2CCCC2)N2CCOCC2)cc1. The van der Waals surface area contributed by atoms with Crippen LogP contribution in [0, 0.1) is 5.92 Å². The molecule has 3 heteroatoms. The lowest BCUT2D eigenvalue weighted by atomic mass is 9.76. The molecule has 3 aliphatic rings. The Morgan fingerprint density at radius 3 is 2.29 bits per heavy atom. The minimum absolute atomic E-state index is 0.570. The molecule has 2 heterocycles. The average Bonchev–Trinajstić information content (AvgIpc) is 3.19. The third-order valence-corrected chi connectivity index (χ3v) is 6.38. The fraction of sp³-hybridized carbons (Fsp3) is 0.714. The second kappa shape index (κ2) is 7.99. The summed E-state index contributed by atoms with van der Waals surface area (Å²) in [5, 5.41) is 0. The van der Waals surface area contributed by atoms with E-state index < -0.39 is 0 Å². The minimum atomic E-state index is 0.570. The molecule has 0 bridgehead atoms. The Balaban J connectivity index is 1.62. The molecule has 1 aromatic rings. The predicted octanol–water partition coefficient (Wildman–Crippen LogP) is 3.71. The minimum Gasteiger partial charge on any atom is -0.379 e. The average molecular weight is 329 g/mol. The molecule has 1 saturated carbocycles. The van der Waals surface area contributed by atoms with Crippen LogP contribution in [-0.4, -0.2) is 55.2 Å². The molecule has 2 saturated heterocycles. The molecule has 3 fully saturated rings. The second-order valence-electron chi connectivity index (χ2n) is 7.76. The van der Waals surface area contributed by atoms with Crippen molar-refractivity contribution in [2.24, 2.45) is 5.92 Å². The van der Waals surface area contributed by atoms with E-state index in [1.54, 1.807) is 0 Å². The van der Waals surface area contributed by atoms with Crippen molar-refractivity contribution < 1.29 is 4.74 Å². The van der Waals surface area contributed by atoms with Crippen molar-refractivity contribution in [1.82, 2.24) is 9.80 Å². The number of rotatable bonds is 4. The van der Waals surface area contributed by atoms with Gasteiger partial charge in [0.2, 0.25) is 0 Å². The summed E-state index contributed by atoms with van der Waals surface area (Å²) in [6, 6.07) is 12.7. The summed E-state index contributed by atoms with van der Waals surface area (Å²) >= 11 is 0. The van der Waals surface area contributed by atoms with E-state index >= 15 is 0 Å². The van der Waals surface area contributed by atoms with Gasteiger partial charge in [0.05, 0.1) is 13.2 Å². The smallest absolute Gasteiger partial charge is 0.0594 e. The van der Waals surface area contributed by atoms with Crippen molar-refractivity contribution in [2.45, 2.75) is 50.6 Å². The standard InChI is InChI=1S/C21H32N2O/c1-2-8-18(9-3-1)21(23-14-16-24-17-15-23)19-10-4-5-11-20(19)22-12-6-7-13-22/h1-3,8-9,19-21H,4-7,10-17H2. The molecule has 3 unspecified atom stereocenters. The molecule has 0 aromatic heterocycles. The van der Waals surface area contributed by atoms with Crippen molar-refractivity contribution in [3.05, 3.63) is 35.9 Å². The van der Waals surface area contributed by atoms with Crippen molar-refractivity contribution in [3.8, 4) is 0 Å². The topological polar surface area (TPSA) is 15.7 Å². The molecular formula is C21H32N2O. The van der Waals surface area contributed by atoms with E-state index in [4.69, 9.17) is 4.74 Å². The molecule has 1 aliphatic carbocycles. The molecule has 3 atom stereocenters. The van der Waals surface area contributed by atoms with Crippen LogP contribution in [0.5, 0.6) is 0 Å². The third-order valence-electron chi connectivity index (χ3n) is 6.38. The lowest BCUT2D eigenvalue weighted by Crippen LogP contribution is -2.49. The van der Waals surface area contributed by atoms with E-state index in [2.05, 4.69) is 40.1 Å². The van der Waals surface area contributed by atoms with Crippen molar-refractivity contribution in [3.63, 3.8) is 0 Å². The lowest BCUT2D eigenvalue weighted by Gasteiger charge is -2.47. The van der Waals surface area contributed by atoms with Gasteiger partial charge in [0.1, 0.15) is 0 Å². The maximum Gasteiger partial charge on any atom is 0.0594 e. The molecule has 0 radical (unpaired) electrons. The first-order chi connectivity index (χ1) is 11.9. The van der Waals surface area contributed by atoms with Crippen LogP contribution in [0.15, 0.2) is 30.3 Å². The Labute approximate surface area is 147 Å². The summed E-state index contributed by atoms with van der Waals surface area (Å²) < 4.78 is 5.65. The number of ether oxygens (including phenoxy) is 1. The Morgan fingerprint density at radius 1 is 0.833 bits per heavy atom. The number of benzene rings is 1. The van der Waals surface area contributed by atoms with E-state index in [0.29, 0.717) is 6.04 Å². The number of hydrogen-bond acceptors (Lipinski definition) is 3. The fourth-order valence-corrected chi connectivity index (χ4v) is 5.27. The first kappa shape index (κ1) is 16.6. The van der Waals surface area contributed by atoms with Crippen LogP contribution in [0.4, 0.5) is 0 Å². The van der Waals surface area contributed by atoms with E-state index in [-0.39, 0.29) is 0 Å². The zero-order valence-electron chi connectivity index (χ0n) is 14.9. The van der Waals surface area contributed by atoms with Gasteiger partial charge >= 0.3 is 0 Å². The second-order valence-corrected chi connectivity index (χ2v) is 7.76. The van der Waals surface area contributed by atoms with Crippen LogP contribution in [0.1, 0.15) is 50.1 Å². The van der Waals surface area contributed by atoms with Crippen LogP contribution in [0.25, 0.3) is 0 Å². The summed E-state index contributed by atoms with van der Waals surface area (Å²) in [6.45, 7) is 6.61. The molecule has 132 valence electrons. The summed E-state index contributed by atoms with van der Waals surface area (Å²) in [7, 11) is 0. The van der Waals surface area contributed by atoms with Gasteiger partial charge in [-0.05, 0) is 50.3 Å². The predicted molar refractivity (Wildman–Crippen MR) is 98.1 cm³/mol. The first-order valence-corrected chi connectivity index (χ1v) is 10.0. The quantitative estimate of drug-likeness (QED) is 0.838. The van der Waals surface area contributed by atoms with Crippen molar-refractivity contribution >= 4 is 0 Å². The van der Waals surface area contributed by atoms with Gasteiger partial charge in [-0.25, -0.2) is 0 Å². The molecule has 0 spiro atoms. The van der Waals surface area contributed by atoms with Crippen LogP contribution in [0.2, 0.25) is 0 Å². The normalized spacial score (nSPS) is 31.2. The summed E-state index contributed by atoms with van der Waals surface area (Å²) in [4.78, 5) is 5.54. The molecule has 1 aromatic carbocycles.